The number of carbonyl (C=O) groups excluding carboxylic acids is 1. The summed E-state index contributed by atoms with van der Waals surface area (Å²) in [6, 6.07) is 12.9. The molecule has 1 unspecified atom stereocenters. The summed E-state index contributed by atoms with van der Waals surface area (Å²) < 4.78 is 1.88. The molecule has 158 valence electrons. The van der Waals surface area contributed by atoms with Crippen LogP contribution in [-0.2, 0) is 13.1 Å². The van der Waals surface area contributed by atoms with Gasteiger partial charge in [-0.25, -0.2) is 4.98 Å². The number of carbonyl (C=O) groups is 1. The van der Waals surface area contributed by atoms with E-state index >= 15 is 0 Å². The molecule has 4 rings (SSSR count). The summed E-state index contributed by atoms with van der Waals surface area (Å²) in [7, 11) is 0. The lowest BCUT2D eigenvalue weighted by Crippen LogP contribution is -2.28. The molecule has 1 aromatic carbocycles. The molecular weight excluding hydrogens is 392 g/mol. The number of hydrogen-bond acceptors (Lipinski definition) is 6. The zero-order valence-corrected chi connectivity index (χ0v) is 17.4. The average Bonchev–Trinajstić information content (AvgIpc) is 3.48. The van der Waals surface area contributed by atoms with Gasteiger partial charge in [0.1, 0.15) is 5.82 Å². The molecule has 0 fully saturated rings. The van der Waals surface area contributed by atoms with Crippen molar-refractivity contribution in [3.8, 4) is 11.4 Å². The molecule has 0 bridgehead atoms. The molecule has 0 aliphatic carbocycles. The molecule has 0 saturated heterocycles. The Hall–Kier alpha value is -4.01. The van der Waals surface area contributed by atoms with Crippen molar-refractivity contribution in [2.45, 2.75) is 33.0 Å². The second-order valence-electron chi connectivity index (χ2n) is 7.04. The standard InChI is InChI=1S/C22H24N8O/c1-3-30-19(9-12-25-30)15(2)26-22(31)17-5-4-6-18(13-17)24-14-20-27-21(29-28-20)16-7-10-23-11-8-16/h4-13,15,24H,3,14H2,1-2H3,(H,26,31)(H,27,28,29). The molecule has 4 aromatic rings. The zero-order chi connectivity index (χ0) is 21.6. The van der Waals surface area contributed by atoms with Crippen LogP contribution in [0.3, 0.4) is 0 Å². The molecule has 9 nitrogen and oxygen atoms in total. The van der Waals surface area contributed by atoms with Gasteiger partial charge in [-0.05, 0) is 50.2 Å². The van der Waals surface area contributed by atoms with Crippen LogP contribution in [0.5, 0.6) is 0 Å². The number of aromatic amines is 1. The van der Waals surface area contributed by atoms with Crippen molar-refractivity contribution in [3.05, 3.63) is 78.1 Å². The van der Waals surface area contributed by atoms with Gasteiger partial charge in [-0.2, -0.15) is 10.2 Å². The van der Waals surface area contributed by atoms with E-state index in [-0.39, 0.29) is 11.9 Å². The number of aromatic nitrogens is 6. The van der Waals surface area contributed by atoms with Gasteiger partial charge in [0.15, 0.2) is 5.82 Å². The maximum atomic E-state index is 12.7. The van der Waals surface area contributed by atoms with Crippen molar-refractivity contribution >= 4 is 11.6 Å². The molecule has 3 aromatic heterocycles. The summed E-state index contributed by atoms with van der Waals surface area (Å²) in [6.45, 7) is 5.18. The topological polar surface area (TPSA) is 113 Å². The number of nitrogens with zero attached hydrogens (tertiary/aromatic N) is 5. The zero-order valence-electron chi connectivity index (χ0n) is 17.4. The van der Waals surface area contributed by atoms with Crippen LogP contribution in [0.4, 0.5) is 5.69 Å². The molecule has 1 amide bonds. The fourth-order valence-electron chi connectivity index (χ4n) is 3.29. The number of hydrogen-bond donors (Lipinski definition) is 3. The van der Waals surface area contributed by atoms with Crippen molar-refractivity contribution in [2.24, 2.45) is 0 Å². The molecule has 1 atom stereocenters. The molecule has 3 N–H and O–H groups in total. The smallest absolute Gasteiger partial charge is 0.251 e. The van der Waals surface area contributed by atoms with Crippen molar-refractivity contribution in [3.63, 3.8) is 0 Å². The van der Waals surface area contributed by atoms with Gasteiger partial charge in [0.2, 0.25) is 0 Å². The summed E-state index contributed by atoms with van der Waals surface area (Å²) in [4.78, 5) is 21.2. The fourth-order valence-corrected chi connectivity index (χ4v) is 3.29. The molecule has 3 heterocycles. The van der Waals surface area contributed by atoms with Crippen LogP contribution < -0.4 is 10.6 Å². The molecule has 0 aliphatic rings. The molecule has 0 aliphatic heterocycles. The van der Waals surface area contributed by atoms with Gasteiger partial charge >= 0.3 is 0 Å². The van der Waals surface area contributed by atoms with Gasteiger partial charge in [-0.3, -0.25) is 19.6 Å². The van der Waals surface area contributed by atoms with E-state index < -0.39 is 0 Å². The van der Waals surface area contributed by atoms with E-state index in [1.54, 1.807) is 24.7 Å². The number of anilines is 1. The highest BCUT2D eigenvalue weighted by atomic mass is 16.1. The van der Waals surface area contributed by atoms with Gasteiger partial charge in [0.05, 0.1) is 18.3 Å². The Morgan fingerprint density at radius 1 is 1.16 bits per heavy atom. The lowest BCUT2D eigenvalue weighted by Gasteiger charge is -2.16. The van der Waals surface area contributed by atoms with Crippen LogP contribution in [0.2, 0.25) is 0 Å². The Balaban J connectivity index is 1.38. The van der Waals surface area contributed by atoms with E-state index in [0.717, 1.165) is 23.5 Å². The second kappa shape index (κ2) is 9.21. The van der Waals surface area contributed by atoms with Crippen LogP contribution in [0, 0.1) is 0 Å². The van der Waals surface area contributed by atoms with Gasteiger partial charge in [-0.15, -0.1) is 0 Å². The minimum absolute atomic E-state index is 0.139. The maximum Gasteiger partial charge on any atom is 0.251 e. The van der Waals surface area contributed by atoms with Crippen LogP contribution in [0.15, 0.2) is 61.1 Å². The monoisotopic (exact) mass is 416 g/mol. The number of H-pyrrole nitrogens is 1. The first-order chi connectivity index (χ1) is 15.1. The van der Waals surface area contributed by atoms with Gasteiger partial charge in [0, 0.05) is 41.9 Å². The number of benzene rings is 1. The average molecular weight is 416 g/mol. The van der Waals surface area contributed by atoms with Gasteiger partial charge in [-0.1, -0.05) is 6.07 Å². The number of nitrogens with one attached hydrogen (secondary N) is 3. The van der Waals surface area contributed by atoms with Crippen LogP contribution in [0.25, 0.3) is 11.4 Å². The highest BCUT2D eigenvalue weighted by Gasteiger charge is 2.15. The van der Waals surface area contributed by atoms with Gasteiger partial charge < -0.3 is 10.6 Å². The Morgan fingerprint density at radius 2 is 2.00 bits per heavy atom. The lowest BCUT2D eigenvalue weighted by atomic mass is 10.1. The van der Waals surface area contributed by atoms with Crippen molar-refractivity contribution in [1.82, 2.24) is 35.3 Å². The third-order valence-electron chi connectivity index (χ3n) is 4.90. The maximum absolute atomic E-state index is 12.7. The van der Waals surface area contributed by atoms with Crippen LogP contribution in [-0.4, -0.2) is 35.9 Å². The number of rotatable bonds is 8. The van der Waals surface area contributed by atoms with Crippen molar-refractivity contribution in [1.29, 1.82) is 0 Å². The third-order valence-corrected chi connectivity index (χ3v) is 4.90. The summed E-state index contributed by atoms with van der Waals surface area (Å²) in [5.74, 6) is 1.18. The summed E-state index contributed by atoms with van der Waals surface area (Å²) in [5, 5.41) is 17.8. The highest BCUT2D eigenvalue weighted by molar-refractivity contribution is 5.95. The molecule has 0 saturated carbocycles. The van der Waals surface area contributed by atoms with E-state index in [1.165, 1.54) is 0 Å². The minimum Gasteiger partial charge on any atom is -0.378 e. The molecule has 0 radical (unpaired) electrons. The Bertz CT molecular complexity index is 1150. The van der Waals surface area contributed by atoms with Crippen LogP contribution in [0.1, 0.15) is 41.8 Å². The molecule has 31 heavy (non-hydrogen) atoms. The van der Waals surface area contributed by atoms with Gasteiger partial charge in [0.25, 0.3) is 5.91 Å². The first-order valence-electron chi connectivity index (χ1n) is 10.1. The Morgan fingerprint density at radius 3 is 2.81 bits per heavy atom. The Labute approximate surface area is 179 Å². The quantitative estimate of drug-likeness (QED) is 0.407. The predicted molar refractivity (Wildman–Crippen MR) is 117 cm³/mol. The first kappa shape index (κ1) is 20.3. The summed E-state index contributed by atoms with van der Waals surface area (Å²) in [5.41, 5.74) is 3.27. The van der Waals surface area contributed by atoms with E-state index in [9.17, 15) is 4.79 Å². The van der Waals surface area contributed by atoms with E-state index in [0.29, 0.717) is 23.8 Å². The van der Waals surface area contributed by atoms with Crippen molar-refractivity contribution in [2.75, 3.05) is 5.32 Å². The first-order valence-corrected chi connectivity index (χ1v) is 10.1. The molecular formula is C22H24N8O. The molecule has 0 spiro atoms. The van der Waals surface area contributed by atoms with Crippen LogP contribution >= 0.6 is 0 Å². The van der Waals surface area contributed by atoms with E-state index in [1.807, 2.05) is 54.9 Å². The number of aryl methyl sites for hydroxylation is 1. The van der Waals surface area contributed by atoms with E-state index in [2.05, 4.69) is 35.9 Å². The Kier molecular flexibility index (Phi) is 6.02. The normalized spacial score (nSPS) is 11.8. The highest BCUT2D eigenvalue weighted by Crippen LogP contribution is 2.16. The predicted octanol–water partition coefficient (Wildman–Crippen LogP) is 3.19. The van der Waals surface area contributed by atoms with Crippen molar-refractivity contribution < 1.29 is 4.79 Å². The SMILES string of the molecule is CCn1nccc1C(C)NC(=O)c1cccc(NCc2nc(-c3ccncc3)n[nH]2)c1. The number of amides is 1. The molecule has 9 heteroatoms. The summed E-state index contributed by atoms with van der Waals surface area (Å²) >= 11 is 0. The van der Waals surface area contributed by atoms with E-state index in [4.69, 9.17) is 0 Å². The fraction of sp³-hybridized carbons (Fsp3) is 0.227. The lowest BCUT2D eigenvalue weighted by molar-refractivity contribution is 0.0938. The number of pyridine rings is 1. The summed E-state index contributed by atoms with van der Waals surface area (Å²) in [6.07, 6.45) is 5.16. The third kappa shape index (κ3) is 4.77. The minimum atomic E-state index is -0.146. The second-order valence-corrected chi connectivity index (χ2v) is 7.04. The largest absolute Gasteiger partial charge is 0.378 e.